The Kier molecular flexibility index (Phi) is 5.10. The van der Waals surface area contributed by atoms with Gasteiger partial charge in [0.1, 0.15) is 5.75 Å². The summed E-state index contributed by atoms with van der Waals surface area (Å²) in [6.07, 6.45) is -1.86. The largest absolute Gasteiger partial charge is 0.497 e. The van der Waals surface area contributed by atoms with Gasteiger partial charge in [-0.05, 0) is 54.9 Å². The second-order valence-corrected chi connectivity index (χ2v) is 7.41. The van der Waals surface area contributed by atoms with E-state index >= 15 is 0 Å². The fourth-order valence-corrected chi connectivity index (χ4v) is 5.09. The SMILES string of the molecule is C=C[C@@H]1CC[C@@H]([C@@H]2CCc3cc(OC)ccc3[C@H]2CO)[C@]1(O)C(F)(F)F. The first-order valence-electron chi connectivity index (χ1n) is 8.97. The highest BCUT2D eigenvalue weighted by Gasteiger charge is 2.66. The molecule has 0 unspecified atom stereocenters. The van der Waals surface area contributed by atoms with E-state index < -0.39 is 35.4 Å². The fourth-order valence-electron chi connectivity index (χ4n) is 5.09. The van der Waals surface area contributed by atoms with Gasteiger partial charge < -0.3 is 14.9 Å². The Bertz CT molecular complexity index is 673. The highest BCUT2D eigenvalue weighted by atomic mass is 19.4. The van der Waals surface area contributed by atoms with Gasteiger partial charge in [-0.25, -0.2) is 0 Å². The van der Waals surface area contributed by atoms with E-state index in [1.54, 1.807) is 13.2 Å². The zero-order chi connectivity index (χ0) is 19.1. The Hall–Kier alpha value is -1.53. The van der Waals surface area contributed by atoms with Crippen molar-refractivity contribution in [3.63, 3.8) is 0 Å². The van der Waals surface area contributed by atoms with Crippen molar-refractivity contribution >= 4 is 0 Å². The third-order valence-corrected chi connectivity index (χ3v) is 6.38. The van der Waals surface area contributed by atoms with E-state index in [-0.39, 0.29) is 19.4 Å². The lowest BCUT2D eigenvalue weighted by molar-refractivity contribution is -0.289. The minimum Gasteiger partial charge on any atom is -0.497 e. The van der Waals surface area contributed by atoms with Gasteiger partial charge in [0, 0.05) is 17.8 Å². The van der Waals surface area contributed by atoms with Crippen molar-refractivity contribution < 1.29 is 28.1 Å². The zero-order valence-corrected chi connectivity index (χ0v) is 14.8. The van der Waals surface area contributed by atoms with E-state index in [9.17, 15) is 23.4 Å². The van der Waals surface area contributed by atoms with Gasteiger partial charge in [-0.15, -0.1) is 6.58 Å². The molecule has 3 nitrogen and oxygen atoms in total. The molecule has 2 N–H and O–H groups in total. The molecule has 1 fully saturated rings. The average molecular weight is 370 g/mol. The minimum absolute atomic E-state index is 0.243. The maximum atomic E-state index is 13.8. The Morgan fingerprint density at radius 1 is 1.31 bits per heavy atom. The standard InChI is InChI=1S/C20H25F3O3/c1-3-13-5-9-18(19(13,25)20(21,22)23)16-7-4-12-10-14(26-2)6-8-15(12)17(16)11-24/h3,6,8,10,13,16-18,24-25H,1,4-5,7,9,11H2,2H3/t13-,16-,17-,18+,19+/m1/s1. The van der Waals surface area contributed by atoms with Crippen LogP contribution < -0.4 is 4.74 Å². The molecule has 2 aliphatic carbocycles. The lowest BCUT2D eigenvalue weighted by atomic mass is 9.65. The zero-order valence-electron chi connectivity index (χ0n) is 14.8. The van der Waals surface area contributed by atoms with Crippen LogP contribution in [0.3, 0.4) is 0 Å². The van der Waals surface area contributed by atoms with Crippen molar-refractivity contribution in [1.82, 2.24) is 0 Å². The Morgan fingerprint density at radius 2 is 2.04 bits per heavy atom. The average Bonchev–Trinajstić information content (AvgIpc) is 2.97. The molecule has 0 aliphatic heterocycles. The van der Waals surface area contributed by atoms with Crippen LogP contribution >= 0.6 is 0 Å². The molecule has 5 atom stereocenters. The van der Waals surface area contributed by atoms with Crippen LogP contribution in [0.5, 0.6) is 5.75 Å². The van der Waals surface area contributed by atoms with Crippen LogP contribution in [-0.4, -0.2) is 35.7 Å². The van der Waals surface area contributed by atoms with Gasteiger partial charge in [0.05, 0.1) is 13.7 Å². The summed E-state index contributed by atoms with van der Waals surface area (Å²) in [4.78, 5) is 0. The van der Waals surface area contributed by atoms with Gasteiger partial charge in [-0.1, -0.05) is 12.1 Å². The molecule has 1 aromatic rings. The van der Waals surface area contributed by atoms with Crippen molar-refractivity contribution in [1.29, 1.82) is 0 Å². The molecule has 0 aromatic heterocycles. The van der Waals surface area contributed by atoms with E-state index in [2.05, 4.69) is 6.58 Å². The van der Waals surface area contributed by atoms with Crippen LogP contribution in [-0.2, 0) is 6.42 Å². The Morgan fingerprint density at radius 3 is 2.62 bits per heavy atom. The maximum Gasteiger partial charge on any atom is 0.418 e. The molecule has 0 radical (unpaired) electrons. The van der Waals surface area contributed by atoms with Crippen molar-refractivity contribution in [3.05, 3.63) is 42.0 Å². The number of hydrogen-bond donors (Lipinski definition) is 2. The van der Waals surface area contributed by atoms with Gasteiger partial charge in [0.15, 0.2) is 5.60 Å². The summed E-state index contributed by atoms with van der Waals surface area (Å²) >= 11 is 0. The molecule has 0 heterocycles. The first kappa shape index (κ1) is 19.2. The summed E-state index contributed by atoms with van der Waals surface area (Å²) in [6.45, 7) is 3.26. The number of fused-ring (bicyclic) bond motifs is 1. The highest BCUT2D eigenvalue weighted by molar-refractivity contribution is 5.40. The quantitative estimate of drug-likeness (QED) is 0.792. The van der Waals surface area contributed by atoms with Crippen LogP contribution in [0.2, 0.25) is 0 Å². The second-order valence-electron chi connectivity index (χ2n) is 7.41. The number of methoxy groups -OCH3 is 1. The number of ether oxygens (including phenoxy) is 1. The lowest BCUT2D eigenvalue weighted by Gasteiger charge is -2.44. The lowest BCUT2D eigenvalue weighted by Crippen LogP contribution is -2.55. The summed E-state index contributed by atoms with van der Waals surface area (Å²) in [5.74, 6) is -2.12. The van der Waals surface area contributed by atoms with Gasteiger partial charge in [-0.3, -0.25) is 0 Å². The highest BCUT2D eigenvalue weighted by Crippen LogP contribution is 2.57. The topological polar surface area (TPSA) is 49.7 Å². The van der Waals surface area contributed by atoms with Crippen LogP contribution in [0.4, 0.5) is 13.2 Å². The molecule has 1 aromatic carbocycles. The normalized spacial score (nSPS) is 34.4. The van der Waals surface area contributed by atoms with Crippen molar-refractivity contribution in [2.45, 2.75) is 43.4 Å². The number of benzene rings is 1. The smallest absolute Gasteiger partial charge is 0.418 e. The molecule has 2 aliphatic rings. The van der Waals surface area contributed by atoms with Gasteiger partial charge in [0.25, 0.3) is 0 Å². The molecule has 144 valence electrons. The van der Waals surface area contributed by atoms with E-state index in [1.807, 2.05) is 12.1 Å². The number of rotatable bonds is 4. The number of aliphatic hydroxyl groups excluding tert-OH is 1. The van der Waals surface area contributed by atoms with Crippen LogP contribution in [0.25, 0.3) is 0 Å². The van der Waals surface area contributed by atoms with E-state index in [4.69, 9.17) is 4.74 Å². The fraction of sp³-hybridized carbons (Fsp3) is 0.600. The number of hydrogen-bond acceptors (Lipinski definition) is 3. The summed E-state index contributed by atoms with van der Waals surface area (Å²) in [6, 6.07) is 5.47. The molecule has 6 heteroatoms. The monoisotopic (exact) mass is 370 g/mol. The van der Waals surface area contributed by atoms with Crippen molar-refractivity contribution in [3.8, 4) is 5.75 Å². The number of aliphatic hydroxyl groups is 2. The molecule has 26 heavy (non-hydrogen) atoms. The number of halogens is 3. The third kappa shape index (κ3) is 2.83. The van der Waals surface area contributed by atoms with Gasteiger partial charge >= 0.3 is 6.18 Å². The molecule has 3 rings (SSSR count). The summed E-state index contributed by atoms with van der Waals surface area (Å²) in [7, 11) is 1.56. The summed E-state index contributed by atoms with van der Waals surface area (Å²) in [5, 5.41) is 20.7. The molecule has 0 bridgehead atoms. The first-order valence-corrected chi connectivity index (χ1v) is 8.97. The Labute approximate surface area is 151 Å². The van der Waals surface area contributed by atoms with Crippen LogP contribution in [0.15, 0.2) is 30.9 Å². The predicted octanol–water partition coefficient (Wildman–Crippen LogP) is 3.84. The van der Waals surface area contributed by atoms with E-state index in [0.717, 1.165) is 11.1 Å². The van der Waals surface area contributed by atoms with Crippen molar-refractivity contribution in [2.24, 2.45) is 17.8 Å². The minimum atomic E-state index is -4.73. The van der Waals surface area contributed by atoms with Gasteiger partial charge in [0.2, 0.25) is 0 Å². The summed E-state index contributed by atoms with van der Waals surface area (Å²) in [5.41, 5.74) is -0.929. The Balaban J connectivity index is 1.99. The molecular formula is C20H25F3O3. The molecule has 0 saturated heterocycles. The number of aryl methyl sites for hydroxylation is 1. The maximum absolute atomic E-state index is 13.8. The molecule has 0 amide bonds. The second kappa shape index (κ2) is 6.89. The van der Waals surface area contributed by atoms with Crippen molar-refractivity contribution in [2.75, 3.05) is 13.7 Å². The van der Waals surface area contributed by atoms with E-state index in [0.29, 0.717) is 18.6 Å². The first-order chi connectivity index (χ1) is 12.3. The van der Waals surface area contributed by atoms with Crippen LogP contribution in [0, 0.1) is 17.8 Å². The molecule has 0 spiro atoms. The molecule has 1 saturated carbocycles. The summed E-state index contributed by atoms with van der Waals surface area (Å²) < 4.78 is 46.7. The predicted molar refractivity (Wildman–Crippen MR) is 92.0 cm³/mol. The van der Waals surface area contributed by atoms with Gasteiger partial charge in [-0.2, -0.15) is 13.2 Å². The third-order valence-electron chi connectivity index (χ3n) is 6.38. The van der Waals surface area contributed by atoms with E-state index in [1.165, 1.54) is 6.08 Å². The number of alkyl halides is 3. The molecular weight excluding hydrogens is 345 g/mol. The van der Waals surface area contributed by atoms with Crippen LogP contribution in [0.1, 0.15) is 36.3 Å².